The molecule has 0 N–H and O–H groups in total. The molecule has 0 saturated carbocycles. The van der Waals surface area contributed by atoms with E-state index in [4.69, 9.17) is 11.6 Å². The van der Waals surface area contributed by atoms with Crippen molar-refractivity contribution in [3.05, 3.63) is 28.5 Å². The molecule has 0 radical (unpaired) electrons. The second kappa shape index (κ2) is 4.69. The van der Waals surface area contributed by atoms with Crippen LogP contribution in [0.4, 0.5) is 13.2 Å². The number of rotatable bonds is 2. The number of alkyl halides is 3. The van der Waals surface area contributed by atoms with Gasteiger partial charge in [-0.25, -0.2) is 4.79 Å². The Balaban J connectivity index is 3.14. The molecule has 0 aromatic carbocycles. The average Bonchev–Trinajstić information content (AvgIpc) is 2.16. The third kappa shape index (κ3) is 2.85. The standard InChI is InChI=1S/C9H7ClF3NO2/c1-2-16-8(15)5-3-7(9(11,12)13)14-4-6(5)10/h3-4H,2H2,1H3. The quantitative estimate of drug-likeness (QED) is 0.761. The second-order valence-electron chi connectivity index (χ2n) is 2.77. The summed E-state index contributed by atoms with van der Waals surface area (Å²) in [6.07, 6.45) is -3.84. The Labute approximate surface area is 94.2 Å². The van der Waals surface area contributed by atoms with Crippen LogP contribution in [-0.2, 0) is 10.9 Å². The summed E-state index contributed by atoms with van der Waals surface area (Å²) in [4.78, 5) is 14.3. The highest BCUT2D eigenvalue weighted by Crippen LogP contribution is 2.29. The lowest BCUT2D eigenvalue weighted by Gasteiger charge is -2.08. The van der Waals surface area contributed by atoms with Crippen LogP contribution in [0.25, 0.3) is 0 Å². The molecular formula is C9H7ClF3NO2. The molecule has 0 saturated heterocycles. The van der Waals surface area contributed by atoms with Crippen LogP contribution in [0.3, 0.4) is 0 Å². The van der Waals surface area contributed by atoms with Crippen molar-refractivity contribution < 1.29 is 22.7 Å². The van der Waals surface area contributed by atoms with E-state index in [1.807, 2.05) is 0 Å². The van der Waals surface area contributed by atoms with Crippen LogP contribution in [0.1, 0.15) is 23.0 Å². The summed E-state index contributed by atoms with van der Waals surface area (Å²) in [6.45, 7) is 1.59. The average molecular weight is 254 g/mol. The van der Waals surface area contributed by atoms with Gasteiger partial charge in [0.05, 0.1) is 17.2 Å². The van der Waals surface area contributed by atoms with Gasteiger partial charge < -0.3 is 4.74 Å². The van der Waals surface area contributed by atoms with E-state index in [9.17, 15) is 18.0 Å². The fourth-order valence-corrected chi connectivity index (χ4v) is 1.14. The summed E-state index contributed by atoms with van der Waals surface area (Å²) in [7, 11) is 0. The molecule has 88 valence electrons. The van der Waals surface area contributed by atoms with Gasteiger partial charge in [-0.3, -0.25) is 4.98 Å². The van der Waals surface area contributed by atoms with E-state index in [2.05, 4.69) is 9.72 Å². The minimum absolute atomic E-state index is 0.0544. The molecule has 1 aromatic rings. The minimum Gasteiger partial charge on any atom is -0.462 e. The molecule has 0 atom stereocenters. The van der Waals surface area contributed by atoms with Crippen LogP contribution < -0.4 is 0 Å². The van der Waals surface area contributed by atoms with Gasteiger partial charge in [-0.1, -0.05) is 11.6 Å². The van der Waals surface area contributed by atoms with Crippen molar-refractivity contribution in [3.63, 3.8) is 0 Å². The lowest BCUT2D eigenvalue weighted by molar-refractivity contribution is -0.141. The number of ether oxygens (including phenoxy) is 1. The van der Waals surface area contributed by atoms with Gasteiger partial charge in [-0.2, -0.15) is 13.2 Å². The number of pyridine rings is 1. The molecule has 0 aliphatic rings. The first-order valence-electron chi connectivity index (χ1n) is 4.26. The SMILES string of the molecule is CCOC(=O)c1cc(C(F)(F)F)ncc1Cl. The molecule has 0 aliphatic heterocycles. The van der Waals surface area contributed by atoms with Crippen molar-refractivity contribution in [2.24, 2.45) is 0 Å². The zero-order valence-corrected chi connectivity index (χ0v) is 8.89. The largest absolute Gasteiger partial charge is 0.462 e. The lowest BCUT2D eigenvalue weighted by atomic mass is 10.2. The van der Waals surface area contributed by atoms with Crippen molar-refractivity contribution in [2.45, 2.75) is 13.1 Å². The van der Waals surface area contributed by atoms with E-state index < -0.39 is 17.8 Å². The summed E-state index contributed by atoms with van der Waals surface area (Å²) in [5.74, 6) is -0.902. The Hall–Kier alpha value is -1.30. The number of aromatic nitrogens is 1. The Morgan fingerprint density at radius 2 is 2.19 bits per heavy atom. The first kappa shape index (κ1) is 12.8. The smallest absolute Gasteiger partial charge is 0.433 e. The van der Waals surface area contributed by atoms with E-state index in [1.165, 1.54) is 6.92 Å². The molecule has 1 aromatic heterocycles. The number of nitrogens with zero attached hydrogens (tertiary/aromatic N) is 1. The topological polar surface area (TPSA) is 39.2 Å². The van der Waals surface area contributed by atoms with E-state index >= 15 is 0 Å². The van der Waals surface area contributed by atoms with Gasteiger partial charge in [0.1, 0.15) is 5.69 Å². The zero-order chi connectivity index (χ0) is 12.3. The molecule has 0 fully saturated rings. The zero-order valence-electron chi connectivity index (χ0n) is 8.14. The highest BCUT2D eigenvalue weighted by atomic mass is 35.5. The predicted octanol–water partition coefficient (Wildman–Crippen LogP) is 2.93. The molecule has 7 heteroatoms. The molecule has 0 unspecified atom stereocenters. The van der Waals surface area contributed by atoms with Crippen molar-refractivity contribution in [3.8, 4) is 0 Å². The fourth-order valence-electron chi connectivity index (χ4n) is 0.959. The van der Waals surface area contributed by atoms with Gasteiger partial charge in [0, 0.05) is 6.20 Å². The number of carbonyl (C=O) groups is 1. The highest BCUT2D eigenvalue weighted by molar-refractivity contribution is 6.33. The molecule has 0 amide bonds. The molecule has 0 bridgehead atoms. The van der Waals surface area contributed by atoms with Gasteiger partial charge in [-0.15, -0.1) is 0 Å². The third-order valence-electron chi connectivity index (χ3n) is 1.64. The van der Waals surface area contributed by atoms with Gasteiger partial charge in [-0.05, 0) is 13.0 Å². The molecule has 1 rings (SSSR count). The van der Waals surface area contributed by atoms with Gasteiger partial charge in [0.25, 0.3) is 0 Å². The molecule has 0 aliphatic carbocycles. The summed E-state index contributed by atoms with van der Waals surface area (Å²) in [6, 6.07) is 0.570. The first-order chi connectivity index (χ1) is 7.36. The van der Waals surface area contributed by atoms with Crippen LogP contribution in [-0.4, -0.2) is 17.6 Å². The summed E-state index contributed by atoms with van der Waals surface area (Å²) in [5.41, 5.74) is -1.52. The maximum Gasteiger partial charge on any atom is 0.433 e. The van der Waals surface area contributed by atoms with Crippen LogP contribution in [0.5, 0.6) is 0 Å². The van der Waals surface area contributed by atoms with E-state index in [0.717, 1.165) is 6.20 Å². The number of hydrogen-bond donors (Lipinski definition) is 0. The number of hydrogen-bond acceptors (Lipinski definition) is 3. The summed E-state index contributed by atoms with van der Waals surface area (Å²) in [5, 5.41) is -0.175. The maximum atomic E-state index is 12.3. The maximum absolute atomic E-state index is 12.3. The van der Waals surface area contributed by atoms with Crippen molar-refractivity contribution >= 4 is 17.6 Å². The van der Waals surface area contributed by atoms with Crippen molar-refractivity contribution in [2.75, 3.05) is 6.61 Å². The van der Waals surface area contributed by atoms with Crippen LogP contribution in [0, 0.1) is 0 Å². The van der Waals surface area contributed by atoms with Gasteiger partial charge in [0.15, 0.2) is 0 Å². The number of halogens is 4. The van der Waals surface area contributed by atoms with E-state index in [-0.39, 0.29) is 17.2 Å². The highest BCUT2D eigenvalue weighted by Gasteiger charge is 2.33. The Morgan fingerprint density at radius 1 is 1.56 bits per heavy atom. The van der Waals surface area contributed by atoms with Crippen LogP contribution >= 0.6 is 11.6 Å². The monoisotopic (exact) mass is 253 g/mol. The molecule has 0 spiro atoms. The molecular weight excluding hydrogens is 247 g/mol. The van der Waals surface area contributed by atoms with Crippen molar-refractivity contribution in [1.82, 2.24) is 4.98 Å². The lowest BCUT2D eigenvalue weighted by Crippen LogP contribution is -2.12. The number of carbonyl (C=O) groups excluding carboxylic acids is 1. The summed E-state index contributed by atoms with van der Waals surface area (Å²) >= 11 is 5.55. The van der Waals surface area contributed by atoms with Crippen LogP contribution in [0.15, 0.2) is 12.3 Å². The Bertz CT molecular complexity index is 406. The third-order valence-corrected chi connectivity index (χ3v) is 1.94. The first-order valence-corrected chi connectivity index (χ1v) is 4.64. The van der Waals surface area contributed by atoms with Crippen molar-refractivity contribution in [1.29, 1.82) is 0 Å². The van der Waals surface area contributed by atoms with E-state index in [0.29, 0.717) is 6.07 Å². The molecule has 1 heterocycles. The Morgan fingerprint density at radius 3 is 2.69 bits per heavy atom. The Kier molecular flexibility index (Phi) is 3.74. The van der Waals surface area contributed by atoms with Gasteiger partial charge >= 0.3 is 12.1 Å². The normalized spacial score (nSPS) is 11.3. The summed E-state index contributed by atoms with van der Waals surface area (Å²) < 4.78 is 41.4. The number of esters is 1. The minimum atomic E-state index is -4.62. The molecule has 3 nitrogen and oxygen atoms in total. The fraction of sp³-hybridized carbons (Fsp3) is 0.333. The van der Waals surface area contributed by atoms with Gasteiger partial charge in [0.2, 0.25) is 0 Å². The molecule has 16 heavy (non-hydrogen) atoms. The second-order valence-corrected chi connectivity index (χ2v) is 3.17. The van der Waals surface area contributed by atoms with E-state index in [1.54, 1.807) is 0 Å². The van der Waals surface area contributed by atoms with Crippen LogP contribution in [0.2, 0.25) is 5.02 Å². The predicted molar refractivity (Wildman–Crippen MR) is 50.2 cm³/mol.